The van der Waals surface area contributed by atoms with E-state index >= 15 is 0 Å². The van der Waals surface area contributed by atoms with E-state index in [9.17, 15) is 8.42 Å². The van der Waals surface area contributed by atoms with Crippen LogP contribution >= 0.6 is 0 Å². The lowest BCUT2D eigenvalue weighted by molar-refractivity contribution is 0.395. The summed E-state index contributed by atoms with van der Waals surface area (Å²) in [5.74, 6) is 0. The minimum absolute atomic E-state index is 0.418. The summed E-state index contributed by atoms with van der Waals surface area (Å²) in [5.41, 5.74) is 8.10. The van der Waals surface area contributed by atoms with Crippen LogP contribution in [0.5, 0.6) is 0 Å². The zero-order chi connectivity index (χ0) is 20.6. The van der Waals surface area contributed by atoms with Crippen molar-refractivity contribution in [2.75, 3.05) is 18.1 Å². The third kappa shape index (κ3) is 4.16. The first kappa shape index (κ1) is 19.5. The van der Waals surface area contributed by atoms with Gasteiger partial charge in [-0.25, -0.2) is 8.42 Å². The molecule has 0 radical (unpaired) electrons. The number of nitrogens with zero attached hydrogens (tertiary/aromatic N) is 3. The van der Waals surface area contributed by atoms with E-state index in [4.69, 9.17) is 0 Å². The summed E-state index contributed by atoms with van der Waals surface area (Å²) in [7, 11) is -3.18. The molecule has 0 spiro atoms. The van der Waals surface area contributed by atoms with Gasteiger partial charge in [0.2, 0.25) is 10.0 Å². The van der Waals surface area contributed by atoms with Crippen LogP contribution in [0.3, 0.4) is 0 Å². The molecule has 6 nitrogen and oxygen atoms in total. The number of fused-ring (bicyclic) bond motifs is 1. The van der Waals surface area contributed by atoms with Gasteiger partial charge in [-0.05, 0) is 67.3 Å². The van der Waals surface area contributed by atoms with Gasteiger partial charge < -0.3 is 5.32 Å². The smallest absolute Gasteiger partial charge is 0.211 e. The predicted molar refractivity (Wildman–Crippen MR) is 116 cm³/mol. The number of aryl methyl sites for hydroxylation is 2. The van der Waals surface area contributed by atoms with Gasteiger partial charge in [-0.15, -0.1) is 0 Å². The summed E-state index contributed by atoms with van der Waals surface area (Å²) in [6, 6.07) is 16.2. The Balaban J connectivity index is 1.64. The van der Waals surface area contributed by atoms with Crippen molar-refractivity contribution in [3.8, 4) is 11.3 Å². The van der Waals surface area contributed by atoms with E-state index in [1.165, 1.54) is 16.1 Å². The molecule has 2 aromatic carbocycles. The molecule has 0 saturated carbocycles. The fourth-order valence-electron chi connectivity index (χ4n) is 3.66. The van der Waals surface area contributed by atoms with Gasteiger partial charge in [-0.3, -0.25) is 0 Å². The van der Waals surface area contributed by atoms with Gasteiger partial charge in [0.1, 0.15) is 0 Å². The molecule has 1 aliphatic rings. The topological polar surface area (TPSA) is 75.2 Å². The van der Waals surface area contributed by atoms with Crippen LogP contribution in [-0.4, -0.2) is 35.7 Å². The molecule has 1 aromatic heterocycles. The molecule has 0 atom stereocenters. The highest BCUT2D eigenvalue weighted by Crippen LogP contribution is 2.31. The Morgan fingerprint density at radius 3 is 2.59 bits per heavy atom. The van der Waals surface area contributed by atoms with Crippen molar-refractivity contribution in [1.29, 1.82) is 0 Å². The third-order valence-corrected chi connectivity index (χ3v) is 6.54. The minimum Gasteiger partial charge on any atom is -0.355 e. The zero-order valence-electron chi connectivity index (χ0n) is 16.8. The van der Waals surface area contributed by atoms with Crippen molar-refractivity contribution in [3.63, 3.8) is 0 Å². The molecule has 4 rings (SSSR count). The highest BCUT2D eigenvalue weighted by molar-refractivity contribution is 7.88. The average Bonchev–Trinajstić information content (AvgIpc) is 2.69. The van der Waals surface area contributed by atoms with Crippen molar-refractivity contribution >= 4 is 21.4 Å². The molecule has 3 aromatic rings. The number of rotatable bonds is 4. The maximum absolute atomic E-state index is 11.9. The Morgan fingerprint density at radius 1 is 1.03 bits per heavy atom. The first-order chi connectivity index (χ1) is 13.8. The molecular formula is C22H24N4O2S. The van der Waals surface area contributed by atoms with Crippen LogP contribution < -0.4 is 5.32 Å². The Kier molecular flexibility index (Phi) is 5.10. The molecule has 1 aliphatic heterocycles. The maximum atomic E-state index is 11.9. The molecule has 7 heteroatoms. The van der Waals surface area contributed by atoms with E-state index in [-0.39, 0.29) is 0 Å². The molecule has 150 valence electrons. The molecule has 0 saturated heterocycles. The van der Waals surface area contributed by atoms with Crippen LogP contribution in [0.4, 0.5) is 11.4 Å². The van der Waals surface area contributed by atoms with Crippen molar-refractivity contribution in [2.24, 2.45) is 0 Å². The lowest BCUT2D eigenvalue weighted by Gasteiger charge is -2.28. The number of aromatic nitrogens is 2. The number of anilines is 2. The van der Waals surface area contributed by atoms with Gasteiger partial charge >= 0.3 is 0 Å². The monoisotopic (exact) mass is 408 g/mol. The van der Waals surface area contributed by atoms with Crippen LogP contribution in [0.2, 0.25) is 0 Å². The summed E-state index contributed by atoms with van der Waals surface area (Å²) in [6.45, 7) is 4.90. The quantitative estimate of drug-likeness (QED) is 0.710. The fourth-order valence-corrected chi connectivity index (χ4v) is 4.45. The molecule has 0 fully saturated rings. The highest BCUT2D eigenvalue weighted by atomic mass is 32.2. The first-order valence-electron chi connectivity index (χ1n) is 9.55. The second kappa shape index (κ2) is 7.57. The molecule has 29 heavy (non-hydrogen) atoms. The van der Waals surface area contributed by atoms with Crippen LogP contribution in [0, 0.1) is 13.8 Å². The highest BCUT2D eigenvalue weighted by Gasteiger charge is 2.24. The lowest BCUT2D eigenvalue weighted by Crippen LogP contribution is -2.35. The van der Waals surface area contributed by atoms with E-state index in [1.54, 1.807) is 0 Å². The van der Waals surface area contributed by atoms with E-state index < -0.39 is 10.0 Å². The van der Waals surface area contributed by atoms with Crippen molar-refractivity contribution in [2.45, 2.75) is 26.8 Å². The van der Waals surface area contributed by atoms with Crippen molar-refractivity contribution in [1.82, 2.24) is 14.5 Å². The molecule has 0 unspecified atom stereocenters. The second-order valence-corrected chi connectivity index (χ2v) is 9.49. The summed E-state index contributed by atoms with van der Waals surface area (Å²) in [4.78, 5) is 0. The lowest BCUT2D eigenvalue weighted by atomic mass is 9.98. The summed E-state index contributed by atoms with van der Waals surface area (Å²) in [5, 5.41) is 12.0. The Labute approximate surface area is 171 Å². The average molecular weight is 409 g/mol. The van der Waals surface area contributed by atoms with Gasteiger partial charge in [0, 0.05) is 30.0 Å². The number of sulfonamides is 1. The molecular weight excluding hydrogens is 384 g/mol. The Hall–Kier alpha value is -2.77. The van der Waals surface area contributed by atoms with Crippen LogP contribution in [-0.2, 0) is 23.0 Å². The molecule has 1 N–H and O–H groups in total. The van der Waals surface area contributed by atoms with Crippen LogP contribution in [0.25, 0.3) is 11.3 Å². The molecule has 0 amide bonds. The van der Waals surface area contributed by atoms with Gasteiger partial charge in [0.05, 0.1) is 17.6 Å². The number of nitrogens with one attached hydrogen (secondary N) is 1. The largest absolute Gasteiger partial charge is 0.355 e. The SMILES string of the molecule is Cc1ccc(-c2cc(Nc3cccc4c3CCN(S(C)(=O)=O)C4)ccc2C)nn1. The Bertz CT molecular complexity index is 1160. The fraction of sp³-hybridized carbons (Fsp3) is 0.273. The molecule has 2 heterocycles. The van der Waals surface area contributed by atoms with E-state index in [0.717, 1.165) is 39.5 Å². The van der Waals surface area contributed by atoms with Crippen LogP contribution in [0.15, 0.2) is 48.5 Å². The minimum atomic E-state index is -3.18. The number of hydrogen-bond acceptors (Lipinski definition) is 5. The van der Waals surface area contributed by atoms with E-state index in [1.807, 2.05) is 43.3 Å². The van der Waals surface area contributed by atoms with E-state index in [2.05, 4.69) is 34.6 Å². The van der Waals surface area contributed by atoms with Gasteiger partial charge in [-0.2, -0.15) is 14.5 Å². The van der Waals surface area contributed by atoms with Crippen molar-refractivity contribution < 1.29 is 8.42 Å². The molecule has 0 aliphatic carbocycles. The van der Waals surface area contributed by atoms with Crippen LogP contribution in [0.1, 0.15) is 22.4 Å². The summed E-state index contributed by atoms with van der Waals surface area (Å²) in [6.07, 6.45) is 1.95. The van der Waals surface area contributed by atoms with E-state index in [0.29, 0.717) is 19.5 Å². The zero-order valence-corrected chi connectivity index (χ0v) is 17.6. The third-order valence-electron chi connectivity index (χ3n) is 5.29. The Morgan fingerprint density at radius 2 is 1.86 bits per heavy atom. The maximum Gasteiger partial charge on any atom is 0.211 e. The normalized spacial score (nSPS) is 14.4. The summed E-state index contributed by atoms with van der Waals surface area (Å²) < 4.78 is 25.3. The molecule has 0 bridgehead atoms. The second-order valence-electron chi connectivity index (χ2n) is 7.50. The van der Waals surface area contributed by atoms with Crippen molar-refractivity contribution in [3.05, 3.63) is 70.9 Å². The summed E-state index contributed by atoms with van der Waals surface area (Å²) >= 11 is 0. The number of hydrogen-bond donors (Lipinski definition) is 1. The standard InChI is InChI=1S/C22H24N4O2S/c1-15-7-9-18(13-20(15)22-10-8-16(2)24-25-22)23-21-6-4-5-17-14-26(29(3,27)28)12-11-19(17)21/h4-10,13,23H,11-12,14H2,1-3H3. The predicted octanol–water partition coefficient (Wildman–Crippen LogP) is 3.82. The number of benzene rings is 2. The van der Waals surface area contributed by atoms with Gasteiger partial charge in [0.15, 0.2) is 0 Å². The first-order valence-corrected chi connectivity index (χ1v) is 11.4. The van der Waals surface area contributed by atoms with Gasteiger partial charge in [-0.1, -0.05) is 18.2 Å². The van der Waals surface area contributed by atoms with Gasteiger partial charge in [0.25, 0.3) is 0 Å².